The summed E-state index contributed by atoms with van der Waals surface area (Å²) < 4.78 is 0. The van der Waals surface area contributed by atoms with Crippen LogP contribution in [-0.2, 0) is 9.59 Å². The highest BCUT2D eigenvalue weighted by Gasteiger charge is 2.23. The minimum absolute atomic E-state index is 0.0938. The maximum Gasteiger partial charge on any atom is 0.246 e. The zero-order valence-electron chi connectivity index (χ0n) is 8.47. The summed E-state index contributed by atoms with van der Waals surface area (Å²) >= 11 is 0. The molecule has 0 saturated carbocycles. The van der Waals surface area contributed by atoms with E-state index in [0.29, 0.717) is 17.5 Å². The number of rotatable bonds is 2. The second kappa shape index (κ2) is 4.14. The van der Waals surface area contributed by atoms with Crippen molar-refractivity contribution in [1.29, 1.82) is 0 Å². The van der Waals surface area contributed by atoms with Crippen molar-refractivity contribution < 1.29 is 14.4 Å². The molecule has 82 valence electrons. The van der Waals surface area contributed by atoms with E-state index in [9.17, 15) is 14.4 Å². The number of benzene rings is 1. The van der Waals surface area contributed by atoms with Crippen molar-refractivity contribution in [2.45, 2.75) is 0 Å². The molecule has 2 amide bonds. The lowest BCUT2D eigenvalue weighted by atomic mass is 10.1. The third-order valence-electron chi connectivity index (χ3n) is 2.35. The first kappa shape index (κ1) is 10.4. The van der Waals surface area contributed by atoms with E-state index >= 15 is 0 Å². The van der Waals surface area contributed by atoms with Gasteiger partial charge in [0.15, 0.2) is 6.29 Å². The number of aldehydes is 1. The van der Waals surface area contributed by atoms with Gasteiger partial charge in [-0.25, -0.2) is 0 Å². The average molecular weight is 218 g/mol. The fourth-order valence-electron chi connectivity index (χ4n) is 1.68. The van der Waals surface area contributed by atoms with E-state index < -0.39 is 0 Å². The van der Waals surface area contributed by atoms with Crippen LogP contribution in [0.15, 0.2) is 24.3 Å². The van der Waals surface area contributed by atoms with E-state index in [0.717, 1.165) is 0 Å². The predicted molar refractivity (Wildman–Crippen MR) is 57.2 cm³/mol. The molecule has 5 heteroatoms. The Balaban J connectivity index is 2.32. The summed E-state index contributed by atoms with van der Waals surface area (Å²) in [4.78, 5) is 34.8. The largest absolute Gasteiger partial charge is 0.352 e. The molecule has 0 unspecified atom stereocenters. The van der Waals surface area contributed by atoms with Crippen molar-refractivity contribution in [1.82, 2.24) is 5.32 Å². The first-order valence-electron chi connectivity index (χ1n) is 4.82. The zero-order chi connectivity index (χ0) is 11.5. The molecule has 1 N–H and O–H groups in total. The van der Waals surface area contributed by atoms with Gasteiger partial charge in [0.2, 0.25) is 11.8 Å². The number of piperazine rings is 1. The van der Waals surface area contributed by atoms with Crippen LogP contribution in [-0.4, -0.2) is 31.2 Å². The smallest absolute Gasteiger partial charge is 0.246 e. The number of hydrogen-bond acceptors (Lipinski definition) is 4. The molecule has 2 rings (SSSR count). The van der Waals surface area contributed by atoms with Crippen LogP contribution in [0.2, 0.25) is 0 Å². The minimum Gasteiger partial charge on any atom is -0.352 e. The van der Waals surface area contributed by atoms with Gasteiger partial charge in [-0.2, -0.15) is 0 Å². The number of nitrogens with one attached hydrogen (secondary N) is 1. The van der Waals surface area contributed by atoms with Gasteiger partial charge in [0.1, 0.15) is 0 Å². The van der Waals surface area contributed by atoms with Crippen molar-refractivity contribution in [2.24, 2.45) is 0 Å². The van der Waals surface area contributed by atoms with Crippen LogP contribution in [0.3, 0.4) is 0 Å². The van der Waals surface area contributed by atoms with Gasteiger partial charge in [0.05, 0.1) is 13.1 Å². The molecule has 0 bridgehead atoms. The number of para-hydroxylation sites is 1. The predicted octanol–water partition coefficient (Wildman–Crippen LogP) is -0.0381. The van der Waals surface area contributed by atoms with Crippen LogP contribution in [0.25, 0.3) is 0 Å². The topological polar surface area (TPSA) is 66.5 Å². The molecule has 0 atom stereocenters. The summed E-state index contributed by atoms with van der Waals surface area (Å²) in [5.41, 5.74) is 1.09. The van der Waals surface area contributed by atoms with Crippen molar-refractivity contribution in [3.63, 3.8) is 0 Å². The number of nitrogens with zero attached hydrogens (tertiary/aromatic N) is 1. The highest BCUT2D eigenvalue weighted by atomic mass is 16.2. The van der Waals surface area contributed by atoms with Gasteiger partial charge >= 0.3 is 0 Å². The first-order chi connectivity index (χ1) is 7.70. The van der Waals surface area contributed by atoms with Gasteiger partial charge in [-0.15, -0.1) is 0 Å². The lowest BCUT2D eigenvalue weighted by molar-refractivity contribution is -0.130. The van der Waals surface area contributed by atoms with E-state index in [2.05, 4.69) is 5.32 Å². The SMILES string of the molecule is O=Cc1ccccc1N1CC(=O)NC(=O)C1. The molecule has 1 aliphatic heterocycles. The molecule has 1 aliphatic rings. The fourth-order valence-corrected chi connectivity index (χ4v) is 1.68. The summed E-state index contributed by atoms with van der Waals surface area (Å²) in [6.45, 7) is 0.188. The lowest BCUT2D eigenvalue weighted by Crippen LogP contribution is -2.51. The Hall–Kier alpha value is -2.17. The standard InChI is InChI=1S/C11H10N2O3/c14-7-8-3-1-2-4-9(8)13-5-10(15)12-11(16)6-13/h1-4,7H,5-6H2,(H,12,15,16). The Labute approximate surface area is 92.0 Å². The van der Waals surface area contributed by atoms with E-state index in [1.807, 2.05) is 0 Å². The van der Waals surface area contributed by atoms with Crippen LogP contribution in [0.1, 0.15) is 10.4 Å². The number of amides is 2. The van der Waals surface area contributed by atoms with Crippen LogP contribution in [0.5, 0.6) is 0 Å². The molecule has 16 heavy (non-hydrogen) atoms. The molecule has 1 aromatic carbocycles. The van der Waals surface area contributed by atoms with Gasteiger partial charge in [0.25, 0.3) is 0 Å². The van der Waals surface area contributed by atoms with Gasteiger partial charge < -0.3 is 4.90 Å². The van der Waals surface area contributed by atoms with Crippen LogP contribution in [0, 0.1) is 0 Å². The average Bonchev–Trinajstić information content (AvgIpc) is 2.27. The van der Waals surface area contributed by atoms with Gasteiger partial charge in [-0.05, 0) is 12.1 Å². The number of hydrogen-bond donors (Lipinski definition) is 1. The number of imide groups is 1. The molecule has 0 aromatic heterocycles. The van der Waals surface area contributed by atoms with Crippen molar-refractivity contribution in [3.05, 3.63) is 29.8 Å². The highest BCUT2D eigenvalue weighted by molar-refractivity contribution is 6.03. The molecule has 1 fully saturated rings. The lowest BCUT2D eigenvalue weighted by Gasteiger charge is -2.28. The third-order valence-corrected chi connectivity index (χ3v) is 2.35. The third kappa shape index (κ3) is 1.93. The van der Waals surface area contributed by atoms with E-state index in [-0.39, 0.29) is 24.9 Å². The second-order valence-corrected chi connectivity index (χ2v) is 3.50. The van der Waals surface area contributed by atoms with E-state index in [1.165, 1.54) is 0 Å². The number of carbonyl (C=O) groups is 3. The monoisotopic (exact) mass is 218 g/mol. The second-order valence-electron chi connectivity index (χ2n) is 3.50. The summed E-state index contributed by atoms with van der Waals surface area (Å²) in [5.74, 6) is -0.700. The Bertz CT molecular complexity index is 440. The Morgan fingerprint density at radius 1 is 1.12 bits per heavy atom. The van der Waals surface area contributed by atoms with E-state index in [4.69, 9.17) is 0 Å². The van der Waals surface area contributed by atoms with Crippen LogP contribution >= 0.6 is 0 Å². The molecular formula is C11H10N2O3. The van der Waals surface area contributed by atoms with Crippen molar-refractivity contribution >= 4 is 23.8 Å². The molecule has 1 heterocycles. The molecule has 0 spiro atoms. The number of carbonyl (C=O) groups excluding carboxylic acids is 3. The summed E-state index contributed by atoms with van der Waals surface area (Å²) in [5, 5.41) is 2.21. The maximum atomic E-state index is 11.2. The van der Waals surface area contributed by atoms with Crippen LogP contribution in [0.4, 0.5) is 5.69 Å². The molecule has 1 saturated heterocycles. The summed E-state index contributed by atoms with van der Waals surface area (Å²) in [6.07, 6.45) is 0.715. The van der Waals surface area contributed by atoms with Crippen molar-refractivity contribution in [3.8, 4) is 0 Å². The molecule has 0 radical (unpaired) electrons. The minimum atomic E-state index is -0.350. The van der Waals surface area contributed by atoms with Gasteiger partial charge in [0, 0.05) is 11.3 Å². The molecule has 0 aliphatic carbocycles. The summed E-state index contributed by atoms with van der Waals surface area (Å²) in [7, 11) is 0. The van der Waals surface area contributed by atoms with Crippen molar-refractivity contribution in [2.75, 3.05) is 18.0 Å². The zero-order valence-corrected chi connectivity index (χ0v) is 8.47. The fraction of sp³-hybridized carbons (Fsp3) is 0.182. The normalized spacial score (nSPS) is 15.9. The Morgan fingerprint density at radius 2 is 1.75 bits per heavy atom. The van der Waals surface area contributed by atoms with E-state index in [1.54, 1.807) is 29.2 Å². The first-order valence-corrected chi connectivity index (χ1v) is 4.82. The van der Waals surface area contributed by atoms with Gasteiger partial charge in [-0.3, -0.25) is 19.7 Å². The Kier molecular flexibility index (Phi) is 2.68. The summed E-state index contributed by atoms with van der Waals surface area (Å²) in [6, 6.07) is 6.87. The molecule has 1 aromatic rings. The molecular weight excluding hydrogens is 208 g/mol. The highest BCUT2D eigenvalue weighted by Crippen LogP contribution is 2.19. The molecule has 5 nitrogen and oxygen atoms in total. The Morgan fingerprint density at radius 3 is 2.38 bits per heavy atom. The quantitative estimate of drug-likeness (QED) is 0.559. The number of anilines is 1. The van der Waals surface area contributed by atoms with Crippen LogP contribution < -0.4 is 10.2 Å². The van der Waals surface area contributed by atoms with Gasteiger partial charge in [-0.1, -0.05) is 12.1 Å². The maximum absolute atomic E-state index is 11.2.